The van der Waals surface area contributed by atoms with Crippen LogP contribution in [0.15, 0.2) is 42.5 Å². The minimum atomic E-state index is -4.86. The lowest BCUT2D eigenvalue weighted by Gasteiger charge is -2.37. The highest BCUT2D eigenvalue weighted by Gasteiger charge is 2.37. The van der Waals surface area contributed by atoms with Gasteiger partial charge in [0, 0.05) is 11.6 Å². The fraction of sp³-hybridized carbons (Fsp3) is 0.458. The number of benzene rings is 2. The molecule has 175 valence electrons. The zero-order valence-corrected chi connectivity index (χ0v) is 17.9. The first-order chi connectivity index (χ1) is 15.0. The van der Waals surface area contributed by atoms with Crippen molar-refractivity contribution in [2.24, 2.45) is 5.92 Å². The predicted molar refractivity (Wildman–Crippen MR) is 110 cm³/mol. The molecular formula is C24H26F6NO. The number of nitrogens with zero attached hydrogens (tertiary/aromatic N) is 1. The van der Waals surface area contributed by atoms with Gasteiger partial charge in [-0.15, -0.1) is 0 Å². The maximum Gasteiger partial charge on any atom is 0.416 e. The summed E-state index contributed by atoms with van der Waals surface area (Å²) in [5, 5.41) is 0. The van der Waals surface area contributed by atoms with Crippen molar-refractivity contribution in [1.29, 1.82) is 0 Å². The average Bonchev–Trinajstić information content (AvgIpc) is 2.74. The Morgan fingerprint density at radius 2 is 1.53 bits per heavy atom. The molecule has 0 spiro atoms. The van der Waals surface area contributed by atoms with Crippen molar-refractivity contribution >= 4 is 0 Å². The Balaban J connectivity index is 1.92. The van der Waals surface area contributed by atoms with Crippen LogP contribution in [-0.2, 0) is 18.8 Å². The van der Waals surface area contributed by atoms with E-state index in [1.165, 1.54) is 7.11 Å². The molecule has 1 fully saturated rings. The lowest BCUT2D eigenvalue weighted by molar-refractivity contribution is -0.143. The largest absolute Gasteiger partial charge is 0.496 e. The van der Waals surface area contributed by atoms with Crippen molar-refractivity contribution in [3.05, 3.63) is 71.1 Å². The van der Waals surface area contributed by atoms with Gasteiger partial charge in [-0.2, -0.15) is 26.3 Å². The first kappa shape index (κ1) is 24.4. The van der Waals surface area contributed by atoms with E-state index in [-0.39, 0.29) is 24.1 Å². The van der Waals surface area contributed by atoms with Crippen LogP contribution in [0.3, 0.4) is 0 Å². The summed E-state index contributed by atoms with van der Waals surface area (Å²) in [5.74, 6) is 1.20. The third kappa shape index (κ3) is 5.97. The Morgan fingerprint density at radius 1 is 0.969 bits per heavy atom. The topological polar surface area (TPSA) is 12.5 Å². The van der Waals surface area contributed by atoms with Crippen LogP contribution < -0.4 is 4.74 Å². The molecule has 1 radical (unpaired) electrons. The molecule has 0 N–H and O–H groups in total. The van der Waals surface area contributed by atoms with Gasteiger partial charge in [-0.05, 0) is 74.5 Å². The second kappa shape index (κ2) is 9.73. The van der Waals surface area contributed by atoms with E-state index in [0.717, 1.165) is 43.6 Å². The second-order valence-corrected chi connectivity index (χ2v) is 8.26. The van der Waals surface area contributed by atoms with E-state index >= 15 is 0 Å². The Hall–Kier alpha value is -2.22. The maximum absolute atomic E-state index is 13.2. The number of piperidine rings is 1. The standard InChI is InChI=1S/C24H26F6NO/c1-16-9-11-31(12-10-16)21(20-5-3-4-6-22(20)32-2)8-7-17-13-18(23(25,26)27)15-19(14-17)24(28,29)30/h3-6,8,13-16,21H,7,9-12H2,1-2H3. The highest BCUT2D eigenvalue weighted by atomic mass is 19.4. The number of hydrogen-bond acceptors (Lipinski definition) is 2. The van der Waals surface area contributed by atoms with E-state index in [1.54, 1.807) is 12.5 Å². The van der Waals surface area contributed by atoms with Crippen molar-refractivity contribution in [3.63, 3.8) is 0 Å². The number of para-hydroxylation sites is 1. The molecule has 1 heterocycles. The monoisotopic (exact) mass is 458 g/mol. The molecule has 3 rings (SSSR count). The van der Waals surface area contributed by atoms with Gasteiger partial charge in [-0.3, -0.25) is 4.90 Å². The molecule has 1 atom stereocenters. The number of alkyl halides is 6. The van der Waals surface area contributed by atoms with Gasteiger partial charge in [0.2, 0.25) is 0 Å². The molecule has 0 bridgehead atoms. The van der Waals surface area contributed by atoms with Crippen LogP contribution in [-0.4, -0.2) is 25.1 Å². The summed E-state index contributed by atoms with van der Waals surface area (Å²) in [6, 6.07) is 8.81. The quantitative estimate of drug-likeness (QED) is 0.434. The van der Waals surface area contributed by atoms with Crippen LogP contribution in [0.25, 0.3) is 0 Å². The van der Waals surface area contributed by atoms with Gasteiger partial charge in [-0.25, -0.2) is 0 Å². The van der Waals surface area contributed by atoms with Gasteiger partial charge in [0.05, 0.1) is 18.2 Å². The Kier molecular flexibility index (Phi) is 7.43. The minimum absolute atomic E-state index is 0.0302. The second-order valence-electron chi connectivity index (χ2n) is 8.26. The number of likely N-dealkylation sites (tertiary alicyclic amines) is 1. The summed E-state index contributed by atoms with van der Waals surface area (Å²) in [6.07, 6.45) is -6.03. The zero-order valence-electron chi connectivity index (χ0n) is 17.9. The summed E-state index contributed by atoms with van der Waals surface area (Å²) in [6.45, 7) is 3.74. The summed E-state index contributed by atoms with van der Waals surface area (Å²) in [7, 11) is 1.54. The summed E-state index contributed by atoms with van der Waals surface area (Å²) < 4.78 is 84.8. The van der Waals surface area contributed by atoms with E-state index in [1.807, 2.05) is 18.2 Å². The maximum atomic E-state index is 13.2. The van der Waals surface area contributed by atoms with Crippen LogP contribution in [0.5, 0.6) is 5.75 Å². The highest BCUT2D eigenvalue weighted by Crippen LogP contribution is 2.38. The number of rotatable bonds is 6. The molecule has 1 aliphatic heterocycles. The van der Waals surface area contributed by atoms with Crippen molar-refractivity contribution < 1.29 is 31.1 Å². The number of ether oxygens (including phenoxy) is 1. The van der Waals surface area contributed by atoms with Gasteiger partial charge < -0.3 is 4.74 Å². The molecule has 1 unspecified atom stereocenters. The fourth-order valence-electron chi connectivity index (χ4n) is 4.08. The van der Waals surface area contributed by atoms with E-state index in [0.29, 0.717) is 11.7 Å². The van der Waals surface area contributed by atoms with Crippen molar-refractivity contribution in [2.45, 2.75) is 44.6 Å². The minimum Gasteiger partial charge on any atom is -0.496 e. The van der Waals surface area contributed by atoms with Crippen LogP contribution in [0.1, 0.15) is 48.1 Å². The smallest absolute Gasteiger partial charge is 0.416 e. The summed E-state index contributed by atoms with van der Waals surface area (Å²) in [4.78, 5) is 2.20. The van der Waals surface area contributed by atoms with Crippen molar-refractivity contribution in [1.82, 2.24) is 4.90 Å². The molecule has 0 aromatic heterocycles. The SMILES string of the molecule is COc1ccccc1C([CH]Cc1cc(C(F)(F)F)cc(C(F)(F)F)c1)N1CCC(C)CC1. The number of methoxy groups -OCH3 is 1. The molecule has 0 saturated carbocycles. The van der Waals surface area contributed by atoms with E-state index < -0.39 is 23.5 Å². The van der Waals surface area contributed by atoms with Gasteiger partial charge in [0.15, 0.2) is 0 Å². The normalized spacial score (nSPS) is 17.4. The molecule has 1 saturated heterocycles. The number of halogens is 6. The lowest BCUT2D eigenvalue weighted by atomic mass is 9.91. The van der Waals surface area contributed by atoms with Gasteiger partial charge in [-0.1, -0.05) is 25.1 Å². The lowest BCUT2D eigenvalue weighted by Crippen LogP contribution is -2.36. The highest BCUT2D eigenvalue weighted by molar-refractivity contribution is 5.39. The van der Waals surface area contributed by atoms with Crippen LogP contribution in [0.4, 0.5) is 26.3 Å². The van der Waals surface area contributed by atoms with Gasteiger partial charge >= 0.3 is 12.4 Å². The van der Waals surface area contributed by atoms with E-state index in [9.17, 15) is 26.3 Å². The molecule has 32 heavy (non-hydrogen) atoms. The molecule has 0 amide bonds. The molecule has 0 aliphatic carbocycles. The van der Waals surface area contributed by atoms with Gasteiger partial charge in [0.1, 0.15) is 5.75 Å². The molecule has 1 aliphatic rings. The first-order valence-corrected chi connectivity index (χ1v) is 10.5. The molecular weight excluding hydrogens is 432 g/mol. The van der Waals surface area contributed by atoms with E-state index in [2.05, 4.69) is 11.8 Å². The first-order valence-electron chi connectivity index (χ1n) is 10.5. The Labute approximate surface area is 184 Å². The third-order valence-electron chi connectivity index (χ3n) is 5.89. The number of hydrogen-bond donors (Lipinski definition) is 0. The molecule has 2 nitrogen and oxygen atoms in total. The van der Waals surface area contributed by atoms with Crippen LogP contribution in [0.2, 0.25) is 0 Å². The Morgan fingerprint density at radius 3 is 2.06 bits per heavy atom. The fourth-order valence-corrected chi connectivity index (χ4v) is 4.08. The predicted octanol–water partition coefficient (Wildman–Crippen LogP) is 6.95. The van der Waals surface area contributed by atoms with Crippen LogP contribution >= 0.6 is 0 Å². The van der Waals surface area contributed by atoms with Crippen molar-refractivity contribution in [3.8, 4) is 5.75 Å². The van der Waals surface area contributed by atoms with E-state index in [4.69, 9.17) is 4.74 Å². The Bertz CT molecular complexity index is 868. The average molecular weight is 458 g/mol. The van der Waals surface area contributed by atoms with Crippen molar-refractivity contribution in [2.75, 3.05) is 20.2 Å². The molecule has 2 aromatic rings. The molecule has 2 aromatic carbocycles. The summed E-state index contributed by atoms with van der Waals surface area (Å²) in [5.41, 5.74) is -1.78. The summed E-state index contributed by atoms with van der Waals surface area (Å²) >= 11 is 0. The van der Waals surface area contributed by atoms with Crippen LogP contribution in [0, 0.1) is 12.3 Å². The third-order valence-corrected chi connectivity index (χ3v) is 5.89. The zero-order chi connectivity index (χ0) is 23.5. The van der Waals surface area contributed by atoms with Gasteiger partial charge in [0.25, 0.3) is 0 Å². The molecule has 8 heteroatoms.